The molecular weight excluding hydrogens is 158 g/mol. The van der Waals surface area contributed by atoms with Crippen molar-refractivity contribution in [2.24, 2.45) is 5.92 Å². The molecule has 0 heterocycles. The van der Waals surface area contributed by atoms with Gasteiger partial charge in [0, 0.05) is 6.04 Å². The molecule has 0 saturated heterocycles. The van der Waals surface area contributed by atoms with Crippen LogP contribution in [0.4, 0.5) is 0 Å². The first-order valence-electron chi connectivity index (χ1n) is 6.02. The SMILES string of the molecule is CC(C)CNC1CCCCCCC1. The first-order valence-corrected chi connectivity index (χ1v) is 6.02. The van der Waals surface area contributed by atoms with Crippen molar-refractivity contribution < 1.29 is 0 Å². The summed E-state index contributed by atoms with van der Waals surface area (Å²) in [5, 5.41) is 3.69. The van der Waals surface area contributed by atoms with E-state index in [1.807, 2.05) is 0 Å². The van der Waals surface area contributed by atoms with Crippen LogP contribution in [-0.4, -0.2) is 12.6 Å². The first kappa shape index (κ1) is 11.0. The molecule has 0 aromatic heterocycles. The monoisotopic (exact) mass is 183 g/mol. The van der Waals surface area contributed by atoms with Crippen molar-refractivity contribution in [3.05, 3.63) is 0 Å². The van der Waals surface area contributed by atoms with Gasteiger partial charge >= 0.3 is 0 Å². The molecule has 0 aromatic carbocycles. The van der Waals surface area contributed by atoms with Gasteiger partial charge in [-0.2, -0.15) is 0 Å². The largest absolute Gasteiger partial charge is 0.314 e. The minimum Gasteiger partial charge on any atom is -0.314 e. The van der Waals surface area contributed by atoms with Crippen molar-refractivity contribution in [2.75, 3.05) is 6.54 Å². The highest BCUT2D eigenvalue weighted by molar-refractivity contribution is 4.70. The van der Waals surface area contributed by atoms with E-state index in [2.05, 4.69) is 19.2 Å². The molecule has 78 valence electrons. The normalized spacial score (nSPS) is 21.5. The fraction of sp³-hybridized carbons (Fsp3) is 1.00. The van der Waals surface area contributed by atoms with Gasteiger partial charge in [-0.15, -0.1) is 0 Å². The maximum absolute atomic E-state index is 3.69. The van der Waals surface area contributed by atoms with Crippen LogP contribution >= 0.6 is 0 Å². The van der Waals surface area contributed by atoms with Crippen LogP contribution in [0.2, 0.25) is 0 Å². The molecule has 1 fully saturated rings. The molecule has 1 N–H and O–H groups in total. The molecule has 1 nitrogen and oxygen atoms in total. The third-order valence-electron chi connectivity index (χ3n) is 2.92. The number of hydrogen-bond acceptors (Lipinski definition) is 1. The zero-order valence-electron chi connectivity index (χ0n) is 9.31. The van der Waals surface area contributed by atoms with Crippen molar-refractivity contribution in [3.63, 3.8) is 0 Å². The predicted molar refractivity (Wildman–Crippen MR) is 58.9 cm³/mol. The van der Waals surface area contributed by atoms with E-state index in [0.717, 1.165) is 12.0 Å². The lowest BCUT2D eigenvalue weighted by molar-refractivity contribution is 0.373. The summed E-state index contributed by atoms with van der Waals surface area (Å²) in [5.74, 6) is 0.797. The van der Waals surface area contributed by atoms with E-state index in [1.54, 1.807) is 0 Å². The quantitative estimate of drug-likeness (QED) is 0.707. The molecule has 1 heteroatoms. The van der Waals surface area contributed by atoms with Crippen LogP contribution in [0, 0.1) is 5.92 Å². The molecule has 0 aliphatic heterocycles. The summed E-state index contributed by atoms with van der Waals surface area (Å²) < 4.78 is 0. The van der Waals surface area contributed by atoms with Gasteiger partial charge in [0.25, 0.3) is 0 Å². The van der Waals surface area contributed by atoms with Crippen molar-refractivity contribution >= 4 is 0 Å². The van der Waals surface area contributed by atoms with E-state index in [0.29, 0.717) is 0 Å². The molecule has 0 amide bonds. The van der Waals surface area contributed by atoms with E-state index < -0.39 is 0 Å². The van der Waals surface area contributed by atoms with E-state index in [1.165, 1.54) is 51.5 Å². The second-order valence-corrected chi connectivity index (χ2v) is 4.84. The van der Waals surface area contributed by atoms with Gasteiger partial charge in [0.05, 0.1) is 0 Å². The van der Waals surface area contributed by atoms with E-state index in [4.69, 9.17) is 0 Å². The predicted octanol–water partition coefficient (Wildman–Crippen LogP) is 3.34. The topological polar surface area (TPSA) is 12.0 Å². The molecule has 0 unspecified atom stereocenters. The summed E-state index contributed by atoms with van der Waals surface area (Å²) >= 11 is 0. The lowest BCUT2D eigenvalue weighted by atomic mass is 9.96. The van der Waals surface area contributed by atoms with Crippen molar-refractivity contribution in [1.29, 1.82) is 0 Å². The van der Waals surface area contributed by atoms with Crippen LogP contribution in [0.1, 0.15) is 58.8 Å². The molecule has 1 aliphatic rings. The summed E-state index contributed by atoms with van der Waals surface area (Å²) in [4.78, 5) is 0. The van der Waals surface area contributed by atoms with Gasteiger partial charge in [-0.1, -0.05) is 46.0 Å². The van der Waals surface area contributed by atoms with Crippen molar-refractivity contribution in [3.8, 4) is 0 Å². The Bertz CT molecular complexity index is 112. The lowest BCUT2D eigenvalue weighted by Gasteiger charge is -2.22. The summed E-state index contributed by atoms with van der Waals surface area (Å²) in [5.41, 5.74) is 0. The molecule has 1 rings (SSSR count). The Morgan fingerprint density at radius 2 is 1.54 bits per heavy atom. The summed E-state index contributed by atoms with van der Waals surface area (Å²) in [6.07, 6.45) is 10.1. The van der Waals surface area contributed by atoms with E-state index in [9.17, 15) is 0 Å². The summed E-state index contributed by atoms with van der Waals surface area (Å²) in [6.45, 7) is 5.77. The second-order valence-electron chi connectivity index (χ2n) is 4.84. The van der Waals surface area contributed by atoms with Gasteiger partial charge in [-0.25, -0.2) is 0 Å². The van der Waals surface area contributed by atoms with Crippen LogP contribution in [-0.2, 0) is 0 Å². The Hall–Kier alpha value is -0.0400. The lowest BCUT2D eigenvalue weighted by Crippen LogP contribution is -2.32. The third kappa shape index (κ3) is 5.30. The van der Waals surface area contributed by atoms with Crippen molar-refractivity contribution in [1.82, 2.24) is 5.32 Å². The fourth-order valence-electron chi connectivity index (χ4n) is 2.06. The van der Waals surface area contributed by atoms with Crippen LogP contribution < -0.4 is 5.32 Å². The maximum Gasteiger partial charge on any atom is 0.00671 e. The minimum atomic E-state index is 0.797. The van der Waals surface area contributed by atoms with Gasteiger partial charge in [0.15, 0.2) is 0 Å². The van der Waals surface area contributed by atoms with Crippen LogP contribution in [0.25, 0.3) is 0 Å². The third-order valence-corrected chi connectivity index (χ3v) is 2.92. The highest BCUT2D eigenvalue weighted by Crippen LogP contribution is 2.17. The summed E-state index contributed by atoms with van der Waals surface area (Å²) in [6, 6.07) is 0.822. The molecular formula is C12H25N. The van der Waals surface area contributed by atoms with Gasteiger partial charge in [-0.3, -0.25) is 0 Å². The Kier molecular flexibility index (Phi) is 5.45. The van der Waals surface area contributed by atoms with Gasteiger partial charge in [-0.05, 0) is 25.3 Å². The highest BCUT2D eigenvalue weighted by atomic mass is 14.9. The van der Waals surface area contributed by atoms with E-state index in [-0.39, 0.29) is 0 Å². The van der Waals surface area contributed by atoms with Gasteiger partial charge in [0.1, 0.15) is 0 Å². The Morgan fingerprint density at radius 3 is 2.08 bits per heavy atom. The van der Waals surface area contributed by atoms with Crippen LogP contribution in [0.15, 0.2) is 0 Å². The van der Waals surface area contributed by atoms with Crippen LogP contribution in [0.5, 0.6) is 0 Å². The van der Waals surface area contributed by atoms with Gasteiger partial charge in [0.2, 0.25) is 0 Å². The Morgan fingerprint density at radius 1 is 1.00 bits per heavy atom. The van der Waals surface area contributed by atoms with Gasteiger partial charge < -0.3 is 5.32 Å². The smallest absolute Gasteiger partial charge is 0.00671 e. The van der Waals surface area contributed by atoms with Crippen molar-refractivity contribution in [2.45, 2.75) is 64.8 Å². The minimum absolute atomic E-state index is 0.797. The number of hydrogen-bond donors (Lipinski definition) is 1. The molecule has 0 aromatic rings. The molecule has 1 saturated carbocycles. The number of rotatable bonds is 3. The van der Waals surface area contributed by atoms with Crippen LogP contribution in [0.3, 0.4) is 0 Å². The second kappa shape index (κ2) is 6.42. The summed E-state index contributed by atoms with van der Waals surface area (Å²) in [7, 11) is 0. The molecule has 0 atom stereocenters. The highest BCUT2D eigenvalue weighted by Gasteiger charge is 2.10. The molecule has 0 bridgehead atoms. The zero-order chi connectivity index (χ0) is 9.52. The fourth-order valence-corrected chi connectivity index (χ4v) is 2.06. The Labute approximate surface area is 83.3 Å². The number of nitrogens with one attached hydrogen (secondary N) is 1. The average molecular weight is 183 g/mol. The van der Waals surface area contributed by atoms with E-state index >= 15 is 0 Å². The average Bonchev–Trinajstić information content (AvgIpc) is 2.01. The zero-order valence-corrected chi connectivity index (χ0v) is 9.31. The standard InChI is InChI=1S/C12H25N/c1-11(2)10-13-12-8-6-4-3-5-7-9-12/h11-13H,3-10H2,1-2H3. The Balaban J connectivity index is 2.14. The first-order chi connectivity index (χ1) is 6.29. The molecule has 0 radical (unpaired) electrons. The maximum atomic E-state index is 3.69. The molecule has 0 spiro atoms. The molecule has 13 heavy (non-hydrogen) atoms. The molecule has 1 aliphatic carbocycles.